The predicted octanol–water partition coefficient (Wildman–Crippen LogP) is 1.14. The quantitative estimate of drug-likeness (QED) is 0.488. The number of nitrogens with zero attached hydrogens (tertiary/aromatic N) is 2. The van der Waals surface area contributed by atoms with E-state index >= 15 is 0 Å². The monoisotopic (exact) mass is 380 g/mol. The van der Waals surface area contributed by atoms with Crippen molar-refractivity contribution in [3.63, 3.8) is 0 Å². The summed E-state index contributed by atoms with van der Waals surface area (Å²) >= 11 is 0. The predicted molar refractivity (Wildman–Crippen MR) is 96.0 cm³/mol. The Labute approximate surface area is 158 Å². The third kappa shape index (κ3) is 4.17. The molecule has 1 spiro atoms. The summed E-state index contributed by atoms with van der Waals surface area (Å²) in [5, 5.41) is 14.7. The minimum Gasteiger partial charge on any atom is -0.481 e. The lowest BCUT2D eigenvalue weighted by atomic mass is 9.82. The fourth-order valence-electron chi connectivity index (χ4n) is 4.28. The zero-order valence-corrected chi connectivity index (χ0v) is 15.5. The summed E-state index contributed by atoms with van der Waals surface area (Å²) in [7, 11) is 0. The van der Waals surface area contributed by atoms with Crippen molar-refractivity contribution in [2.24, 2.45) is 5.92 Å². The van der Waals surface area contributed by atoms with Crippen LogP contribution in [0.4, 0.5) is 9.59 Å². The molecule has 2 heterocycles. The number of hydrogen-bond donors (Lipinski definition) is 3. The highest BCUT2D eigenvalue weighted by atomic mass is 16.4. The molecule has 1 saturated carbocycles. The van der Waals surface area contributed by atoms with Crippen molar-refractivity contribution >= 4 is 23.9 Å². The maximum Gasteiger partial charge on any atom is 0.325 e. The lowest BCUT2D eigenvalue weighted by Gasteiger charge is -2.31. The summed E-state index contributed by atoms with van der Waals surface area (Å²) < 4.78 is 0. The Morgan fingerprint density at radius 2 is 1.93 bits per heavy atom. The molecule has 1 atom stereocenters. The first kappa shape index (κ1) is 19.4. The summed E-state index contributed by atoms with van der Waals surface area (Å²) in [5.41, 5.74) is -0.710. The summed E-state index contributed by atoms with van der Waals surface area (Å²) in [6.07, 6.45) is 6.12. The molecule has 0 radical (unpaired) electrons. The number of carboxylic acids is 1. The molecular weight excluding hydrogens is 352 g/mol. The third-order valence-corrected chi connectivity index (χ3v) is 5.85. The van der Waals surface area contributed by atoms with E-state index in [0.29, 0.717) is 45.2 Å². The third-order valence-electron chi connectivity index (χ3n) is 5.85. The van der Waals surface area contributed by atoms with E-state index in [1.807, 2.05) is 0 Å². The van der Waals surface area contributed by atoms with Gasteiger partial charge in [0.25, 0.3) is 5.91 Å². The summed E-state index contributed by atoms with van der Waals surface area (Å²) in [5.74, 6) is -1.52. The minimum absolute atomic E-state index is 0.140. The molecular formula is C18H28N4O5. The molecule has 3 aliphatic rings. The van der Waals surface area contributed by atoms with E-state index in [1.54, 1.807) is 0 Å². The first-order chi connectivity index (χ1) is 12.9. The average Bonchev–Trinajstić information content (AvgIpc) is 2.89. The van der Waals surface area contributed by atoms with Crippen molar-refractivity contribution in [1.29, 1.82) is 0 Å². The van der Waals surface area contributed by atoms with Gasteiger partial charge in [-0.3, -0.25) is 14.5 Å². The zero-order chi connectivity index (χ0) is 19.4. The molecule has 5 amide bonds. The van der Waals surface area contributed by atoms with Crippen LogP contribution in [0.25, 0.3) is 0 Å². The molecule has 1 unspecified atom stereocenters. The van der Waals surface area contributed by atoms with Crippen LogP contribution in [0.3, 0.4) is 0 Å². The lowest BCUT2D eigenvalue weighted by molar-refractivity contribution is -0.143. The Hall–Kier alpha value is -2.32. The van der Waals surface area contributed by atoms with Crippen molar-refractivity contribution in [2.75, 3.05) is 26.2 Å². The highest BCUT2D eigenvalue weighted by Gasteiger charge is 2.50. The van der Waals surface area contributed by atoms with Crippen LogP contribution < -0.4 is 10.6 Å². The van der Waals surface area contributed by atoms with E-state index in [0.717, 1.165) is 19.3 Å². The summed E-state index contributed by atoms with van der Waals surface area (Å²) in [6, 6.07) is -0.629. The van der Waals surface area contributed by atoms with Crippen LogP contribution in [0.1, 0.15) is 51.4 Å². The van der Waals surface area contributed by atoms with Crippen molar-refractivity contribution in [3.8, 4) is 0 Å². The number of hydrogen-bond acceptors (Lipinski definition) is 4. The molecule has 27 heavy (non-hydrogen) atoms. The van der Waals surface area contributed by atoms with Crippen molar-refractivity contribution < 1.29 is 24.3 Å². The van der Waals surface area contributed by atoms with Gasteiger partial charge in [-0.15, -0.1) is 0 Å². The van der Waals surface area contributed by atoms with Gasteiger partial charge in [-0.05, 0) is 32.1 Å². The number of aliphatic carboxylic acids is 1. The average molecular weight is 380 g/mol. The molecule has 2 aliphatic heterocycles. The number of carboxylic acid groups (broad SMARTS) is 1. The molecule has 9 heteroatoms. The molecule has 1 aliphatic carbocycles. The first-order valence-electron chi connectivity index (χ1n) is 9.83. The van der Waals surface area contributed by atoms with Gasteiger partial charge in [0.15, 0.2) is 0 Å². The number of urea groups is 2. The molecule has 3 rings (SSSR count). The minimum atomic E-state index is -0.872. The standard InChI is InChI=1S/C18H28N4O5/c23-14(24)13-6-4-10-21(12-13)16(26)19-9-5-11-22-15(25)18(20-17(22)27)7-2-1-3-8-18/h13H,1-12H2,(H,19,26)(H,20,27)(H,23,24). The van der Waals surface area contributed by atoms with Gasteiger partial charge in [0.1, 0.15) is 5.54 Å². The van der Waals surface area contributed by atoms with Crippen LogP contribution in [0, 0.1) is 5.92 Å². The second kappa shape index (κ2) is 8.14. The van der Waals surface area contributed by atoms with Crippen LogP contribution in [-0.2, 0) is 9.59 Å². The molecule has 3 fully saturated rings. The van der Waals surface area contributed by atoms with E-state index in [1.165, 1.54) is 9.80 Å². The number of nitrogens with one attached hydrogen (secondary N) is 2. The normalized spacial score (nSPS) is 24.8. The van der Waals surface area contributed by atoms with Crippen LogP contribution in [0.2, 0.25) is 0 Å². The van der Waals surface area contributed by atoms with Gasteiger partial charge in [-0.2, -0.15) is 0 Å². The number of piperidine rings is 1. The Morgan fingerprint density at radius 1 is 1.19 bits per heavy atom. The second-order valence-corrected chi connectivity index (χ2v) is 7.74. The maximum atomic E-state index is 12.7. The first-order valence-corrected chi connectivity index (χ1v) is 9.83. The Morgan fingerprint density at radius 3 is 2.63 bits per heavy atom. The van der Waals surface area contributed by atoms with Crippen LogP contribution >= 0.6 is 0 Å². The topological polar surface area (TPSA) is 119 Å². The van der Waals surface area contributed by atoms with E-state index < -0.39 is 17.4 Å². The highest BCUT2D eigenvalue weighted by Crippen LogP contribution is 2.33. The fraction of sp³-hybridized carbons (Fsp3) is 0.778. The molecule has 2 saturated heterocycles. The van der Waals surface area contributed by atoms with Crippen LogP contribution in [0.5, 0.6) is 0 Å². The lowest BCUT2D eigenvalue weighted by Crippen LogP contribution is -2.48. The summed E-state index contributed by atoms with van der Waals surface area (Å²) in [4.78, 5) is 50.9. The zero-order valence-electron chi connectivity index (χ0n) is 15.5. The van der Waals surface area contributed by atoms with E-state index in [2.05, 4.69) is 10.6 Å². The van der Waals surface area contributed by atoms with E-state index in [-0.39, 0.29) is 31.1 Å². The number of amides is 5. The van der Waals surface area contributed by atoms with Gasteiger partial charge in [-0.25, -0.2) is 9.59 Å². The SMILES string of the molecule is O=C(O)C1CCCN(C(=O)NCCCN2C(=O)NC3(CCCCC3)C2=O)C1. The molecule has 0 aromatic heterocycles. The Kier molecular flexibility index (Phi) is 5.86. The maximum absolute atomic E-state index is 12.7. The van der Waals surface area contributed by atoms with Gasteiger partial charge in [0.2, 0.25) is 0 Å². The van der Waals surface area contributed by atoms with Crippen molar-refractivity contribution in [1.82, 2.24) is 20.4 Å². The van der Waals surface area contributed by atoms with Crippen LogP contribution in [-0.4, -0.2) is 70.6 Å². The fourth-order valence-corrected chi connectivity index (χ4v) is 4.28. The molecule has 0 aromatic rings. The second-order valence-electron chi connectivity index (χ2n) is 7.74. The number of rotatable bonds is 5. The number of carbonyl (C=O) groups excluding carboxylic acids is 3. The van der Waals surface area contributed by atoms with Crippen molar-refractivity contribution in [2.45, 2.75) is 56.9 Å². The van der Waals surface area contributed by atoms with Gasteiger partial charge in [0, 0.05) is 26.2 Å². The molecule has 3 N–H and O–H groups in total. The van der Waals surface area contributed by atoms with Gasteiger partial charge in [0.05, 0.1) is 5.92 Å². The van der Waals surface area contributed by atoms with Crippen LogP contribution in [0.15, 0.2) is 0 Å². The smallest absolute Gasteiger partial charge is 0.325 e. The van der Waals surface area contributed by atoms with E-state index in [9.17, 15) is 19.2 Å². The molecule has 150 valence electrons. The molecule has 9 nitrogen and oxygen atoms in total. The molecule has 0 bridgehead atoms. The van der Waals surface area contributed by atoms with Gasteiger partial charge >= 0.3 is 18.0 Å². The Bertz CT molecular complexity index is 617. The largest absolute Gasteiger partial charge is 0.481 e. The molecule has 0 aromatic carbocycles. The number of carbonyl (C=O) groups is 4. The number of imide groups is 1. The van der Waals surface area contributed by atoms with Crippen molar-refractivity contribution in [3.05, 3.63) is 0 Å². The van der Waals surface area contributed by atoms with Gasteiger partial charge in [-0.1, -0.05) is 19.3 Å². The van der Waals surface area contributed by atoms with Gasteiger partial charge < -0.3 is 20.6 Å². The van der Waals surface area contributed by atoms with E-state index in [4.69, 9.17) is 5.11 Å². The Balaban J connectivity index is 1.42. The number of likely N-dealkylation sites (tertiary alicyclic amines) is 1. The summed E-state index contributed by atoms with van der Waals surface area (Å²) in [6.45, 7) is 1.36. The highest BCUT2D eigenvalue weighted by molar-refractivity contribution is 6.07.